The zero-order valence-corrected chi connectivity index (χ0v) is 16.5. The van der Waals surface area contributed by atoms with Crippen molar-refractivity contribution in [2.24, 2.45) is 17.6 Å². The third-order valence-corrected chi connectivity index (χ3v) is 3.56. The fourth-order valence-electron chi connectivity index (χ4n) is 1.96. The standard InChI is InChI=1S/C18H28N4O3.ClH/c1-11(2)9-20-17(24)13-7-5-6-8-14(13)22-15(23)10-21-18(25)16(19)12(3)4;/h5-8,11-12,16H,9-10,19H2,1-4H3,(H,20,24)(H,21,25)(H,22,23);1H/t16-;/m0./s1. The maximum atomic E-state index is 12.2. The van der Waals surface area contributed by atoms with E-state index < -0.39 is 11.9 Å². The number of rotatable bonds is 8. The fourth-order valence-corrected chi connectivity index (χ4v) is 1.96. The van der Waals surface area contributed by atoms with Crippen LogP contribution in [0.2, 0.25) is 0 Å². The SMILES string of the molecule is CC(C)CNC(=O)c1ccccc1NC(=O)CNC(=O)[C@@H](N)C(C)C.Cl. The highest BCUT2D eigenvalue weighted by atomic mass is 35.5. The van der Waals surface area contributed by atoms with Crippen molar-refractivity contribution >= 4 is 35.8 Å². The number of para-hydroxylation sites is 1. The van der Waals surface area contributed by atoms with Crippen molar-refractivity contribution in [3.05, 3.63) is 29.8 Å². The molecule has 1 aromatic carbocycles. The van der Waals surface area contributed by atoms with E-state index >= 15 is 0 Å². The van der Waals surface area contributed by atoms with Crippen LogP contribution in [0.5, 0.6) is 0 Å². The minimum atomic E-state index is -0.665. The monoisotopic (exact) mass is 384 g/mol. The van der Waals surface area contributed by atoms with Gasteiger partial charge in [0.15, 0.2) is 0 Å². The van der Waals surface area contributed by atoms with Crippen LogP contribution in [0.25, 0.3) is 0 Å². The van der Waals surface area contributed by atoms with Gasteiger partial charge in [0.1, 0.15) is 0 Å². The van der Waals surface area contributed by atoms with Gasteiger partial charge in [-0.25, -0.2) is 0 Å². The largest absolute Gasteiger partial charge is 0.352 e. The zero-order chi connectivity index (χ0) is 19.0. The molecule has 0 unspecified atom stereocenters. The van der Waals surface area contributed by atoms with Crippen LogP contribution in [-0.2, 0) is 9.59 Å². The smallest absolute Gasteiger partial charge is 0.253 e. The van der Waals surface area contributed by atoms with E-state index in [0.717, 1.165) is 0 Å². The molecule has 1 aromatic rings. The van der Waals surface area contributed by atoms with Crippen LogP contribution in [0, 0.1) is 11.8 Å². The maximum Gasteiger partial charge on any atom is 0.253 e. The maximum absolute atomic E-state index is 12.2. The van der Waals surface area contributed by atoms with Crippen molar-refractivity contribution in [2.45, 2.75) is 33.7 Å². The van der Waals surface area contributed by atoms with Gasteiger partial charge in [0.05, 0.1) is 23.8 Å². The molecule has 0 aliphatic rings. The number of carbonyl (C=O) groups is 3. The Kier molecular flexibility index (Phi) is 10.6. The van der Waals surface area contributed by atoms with Crippen molar-refractivity contribution in [1.29, 1.82) is 0 Å². The summed E-state index contributed by atoms with van der Waals surface area (Å²) in [6.07, 6.45) is 0. The Morgan fingerprint density at radius 3 is 2.23 bits per heavy atom. The summed E-state index contributed by atoms with van der Waals surface area (Å²) in [7, 11) is 0. The quantitative estimate of drug-likeness (QED) is 0.544. The number of anilines is 1. The molecule has 0 fully saturated rings. The van der Waals surface area contributed by atoms with E-state index in [-0.39, 0.29) is 36.7 Å². The molecule has 8 heteroatoms. The minimum Gasteiger partial charge on any atom is -0.352 e. The highest BCUT2D eigenvalue weighted by Gasteiger charge is 2.18. The predicted octanol–water partition coefficient (Wildman–Crippen LogP) is 1.53. The molecule has 146 valence electrons. The molecule has 1 rings (SSSR count). The van der Waals surface area contributed by atoms with Gasteiger partial charge in [-0.1, -0.05) is 39.8 Å². The first-order chi connectivity index (χ1) is 11.7. The van der Waals surface area contributed by atoms with E-state index in [1.165, 1.54) is 0 Å². The lowest BCUT2D eigenvalue weighted by molar-refractivity contribution is -0.125. The molecule has 26 heavy (non-hydrogen) atoms. The molecule has 0 saturated heterocycles. The molecule has 3 amide bonds. The topological polar surface area (TPSA) is 113 Å². The molecule has 1 atom stereocenters. The second-order valence-corrected chi connectivity index (χ2v) is 6.69. The van der Waals surface area contributed by atoms with E-state index in [9.17, 15) is 14.4 Å². The highest BCUT2D eigenvalue weighted by Crippen LogP contribution is 2.14. The van der Waals surface area contributed by atoms with Crippen molar-refractivity contribution in [3.8, 4) is 0 Å². The molecule has 5 N–H and O–H groups in total. The summed E-state index contributed by atoms with van der Waals surface area (Å²) in [5.41, 5.74) is 6.50. The normalized spacial score (nSPS) is 11.5. The van der Waals surface area contributed by atoms with Gasteiger partial charge in [0.25, 0.3) is 5.91 Å². The number of nitrogens with two attached hydrogens (primary N) is 1. The predicted molar refractivity (Wildman–Crippen MR) is 105 cm³/mol. The van der Waals surface area contributed by atoms with Crippen LogP contribution in [0.1, 0.15) is 38.1 Å². The molecule has 0 radical (unpaired) electrons. The number of carbonyl (C=O) groups excluding carboxylic acids is 3. The van der Waals surface area contributed by atoms with Gasteiger partial charge in [-0.05, 0) is 24.0 Å². The van der Waals surface area contributed by atoms with Gasteiger partial charge in [-0.3, -0.25) is 14.4 Å². The van der Waals surface area contributed by atoms with Gasteiger partial charge in [0, 0.05) is 6.54 Å². The van der Waals surface area contributed by atoms with Gasteiger partial charge >= 0.3 is 0 Å². The molecule has 0 saturated carbocycles. The van der Waals surface area contributed by atoms with Gasteiger partial charge in [-0.2, -0.15) is 0 Å². The molecular weight excluding hydrogens is 356 g/mol. The Labute approximate surface area is 160 Å². The Morgan fingerprint density at radius 2 is 1.65 bits per heavy atom. The third-order valence-electron chi connectivity index (χ3n) is 3.56. The average Bonchev–Trinajstić information content (AvgIpc) is 2.57. The second-order valence-electron chi connectivity index (χ2n) is 6.69. The van der Waals surface area contributed by atoms with Gasteiger partial charge in [0.2, 0.25) is 11.8 Å². The number of nitrogens with one attached hydrogen (secondary N) is 3. The van der Waals surface area contributed by atoms with E-state index in [1.807, 2.05) is 27.7 Å². The Morgan fingerprint density at radius 1 is 1.04 bits per heavy atom. The number of amides is 3. The summed E-state index contributed by atoms with van der Waals surface area (Å²) in [5, 5.41) is 7.96. The van der Waals surface area contributed by atoms with Crippen LogP contribution in [-0.4, -0.2) is 36.9 Å². The molecule has 0 aliphatic heterocycles. The van der Waals surface area contributed by atoms with Gasteiger partial charge < -0.3 is 21.7 Å². The van der Waals surface area contributed by atoms with Crippen molar-refractivity contribution < 1.29 is 14.4 Å². The minimum absolute atomic E-state index is 0. The summed E-state index contributed by atoms with van der Waals surface area (Å²) >= 11 is 0. The van der Waals surface area contributed by atoms with Crippen LogP contribution < -0.4 is 21.7 Å². The third kappa shape index (κ3) is 7.84. The van der Waals surface area contributed by atoms with Crippen LogP contribution in [0.4, 0.5) is 5.69 Å². The Bertz CT molecular complexity index is 620. The summed E-state index contributed by atoms with van der Waals surface area (Å²) < 4.78 is 0. The average molecular weight is 385 g/mol. The lowest BCUT2D eigenvalue weighted by atomic mass is 10.1. The summed E-state index contributed by atoms with van der Waals surface area (Å²) in [4.78, 5) is 36.1. The fraction of sp³-hybridized carbons (Fsp3) is 0.500. The molecule has 0 spiro atoms. The van der Waals surface area contributed by atoms with Crippen LogP contribution in [0.15, 0.2) is 24.3 Å². The van der Waals surface area contributed by atoms with Crippen molar-refractivity contribution in [2.75, 3.05) is 18.4 Å². The first-order valence-electron chi connectivity index (χ1n) is 8.42. The number of halogens is 1. The van der Waals surface area contributed by atoms with Crippen LogP contribution >= 0.6 is 12.4 Å². The number of hydrogen-bond acceptors (Lipinski definition) is 4. The van der Waals surface area contributed by atoms with Crippen molar-refractivity contribution in [3.63, 3.8) is 0 Å². The lowest BCUT2D eigenvalue weighted by Gasteiger charge is -2.16. The molecule has 0 aromatic heterocycles. The Hall–Kier alpha value is -2.12. The summed E-state index contributed by atoms with van der Waals surface area (Å²) in [6, 6.07) is 6.07. The molecule has 0 heterocycles. The van der Waals surface area contributed by atoms with E-state index in [4.69, 9.17) is 5.73 Å². The molecule has 7 nitrogen and oxygen atoms in total. The molecular formula is C18H29ClN4O3. The number of hydrogen-bond donors (Lipinski definition) is 4. The summed E-state index contributed by atoms with van der Waals surface area (Å²) in [5.74, 6) is -0.753. The first kappa shape index (κ1) is 23.9. The zero-order valence-electron chi connectivity index (χ0n) is 15.7. The molecule has 0 aliphatic carbocycles. The first-order valence-corrected chi connectivity index (χ1v) is 8.42. The van der Waals surface area contributed by atoms with Crippen LogP contribution in [0.3, 0.4) is 0 Å². The van der Waals surface area contributed by atoms with Crippen molar-refractivity contribution in [1.82, 2.24) is 10.6 Å². The number of benzene rings is 1. The second kappa shape index (κ2) is 11.5. The van der Waals surface area contributed by atoms with E-state index in [0.29, 0.717) is 23.7 Å². The van der Waals surface area contributed by atoms with E-state index in [1.54, 1.807) is 24.3 Å². The highest BCUT2D eigenvalue weighted by molar-refractivity contribution is 6.04. The Balaban J connectivity index is 0.00000625. The molecule has 0 bridgehead atoms. The van der Waals surface area contributed by atoms with E-state index in [2.05, 4.69) is 16.0 Å². The summed E-state index contributed by atoms with van der Waals surface area (Å²) in [6.45, 7) is 8.00. The lowest BCUT2D eigenvalue weighted by Crippen LogP contribution is -2.46. The van der Waals surface area contributed by atoms with Gasteiger partial charge in [-0.15, -0.1) is 12.4 Å².